The van der Waals surface area contributed by atoms with Crippen LogP contribution in [0.2, 0.25) is 0 Å². The molecule has 7 heteroatoms. The molecule has 2 fully saturated rings. The molecule has 0 atom stereocenters. The second-order valence-electron chi connectivity index (χ2n) is 9.93. The minimum absolute atomic E-state index is 0.0693. The van der Waals surface area contributed by atoms with Crippen LogP contribution in [-0.4, -0.2) is 71.7 Å². The zero-order chi connectivity index (χ0) is 23.6. The summed E-state index contributed by atoms with van der Waals surface area (Å²) in [5, 5.41) is 11.3. The molecule has 2 aliphatic rings. The predicted octanol–water partition coefficient (Wildman–Crippen LogP) is 4.56. The maximum atomic E-state index is 13.0. The molecule has 2 aliphatic heterocycles. The summed E-state index contributed by atoms with van der Waals surface area (Å²) in [6, 6.07) is 14.5. The van der Waals surface area contributed by atoms with Gasteiger partial charge in [0.15, 0.2) is 0 Å². The van der Waals surface area contributed by atoms with E-state index < -0.39 is 5.60 Å². The smallest absolute Gasteiger partial charge is 0.410 e. The summed E-state index contributed by atoms with van der Waals surface area (Å²) in [5.41, 5.74) is 1.46. The van der Waals surface area contributed by atoms with Crippen molar-refractivity contribution in [3.8, 4) is 6.07 Å². The highest BCUT2D eigenvalue weighted by Gasteiger charge is 2.31. The highest BCUT2D eigenvalue weighted by Crippen LogP contribution is 2.31. The Morgan fingerprint density at radius 2 is 1.45 bits per heavy atom. The van der Waals surface area contributed by atoms with Gasteiger partial charge in [0.2, 0.25) is 0 Å². The number of nitriles is 1. The van der Waals surface area contributed by atoms with Gasteiger partial charge in [0.25, 0.3) is 0 Å². The number of hydrogen-bond acceptors (Lipinski definition) is 4. The minimum atomic E-state index is -0.515. The summed E-state index contributed by atoms with van der Waals surface area (Å²) in [7, 11) is 0. The van der Waals surface area contributed by atoms with Crippen LogP contribution in [0, 0.1) is 11.3 Å². The van der Waals surface area contributed by atoms with E-state index in [-0.39, 0.29) is 12.1 Å². The summed E-state index contributed by atoms with van der Waals surface area (Å²) in [6.45, 7) is 9.12. The predicted molar refractivity (Wildman–Crippen MR) is 127 cm³/mol. The zero-order valence-corrected chi connectivity index (χ0v) is 19.7. The van der Waals surface area contributed by atoms with Crippen LogP contribution in [0.25, 0.3) is 10.8 Å². The first-order valence-electron chi connectivity index (χ1n) is 11.7. The number of nitrogens with zero attached hydrogens (tertiary/aromatic N) is 4. The van der Waals surface area contributed by atoms with Crippen molar-refractivity contribution in [2.24, 2.45) is 0 Å². The number of hydrogen-bond donors (Lipinski definition) is 0. The third kappa shape index (κ3) is 5.39. The normalized spacial score (nSPS) is 17.7. The van der Waals surface area contributed by atoms with Crippen molar-refractivity contribution >= 4 is 22.9 Å². The second-order valence-corrected chi connectivity index (χ2v) is 9.93. The first-order valence-corrected chi connectivity index (χ1v) is 11.7. The fourth-order valence-electron chi connectivity index (χ4n) is 4.60. The molecule has 4 rings (SSSR count). The first-order chi connectivity index (χ1) is 15.7. The Kier molecular flexibility index (Phi) is 6.46. The molecule has 2 aromatic rings. The monoisotopic (exact) mass is 448 g/mol. The molecule has 0 saturated carbocycles. The van der Waals surface area contributed by atoms with Gasteiger partial charge in [-0.1, -0.05) is 24.3 Å². The molecule has 0 spiro atoms. The highest BCUT2D eigenvalue weighted by atomic mass is 16.6. The molecule has 2 heterocycles. The number of ether oxygens (including phenoxy) is 1. The Balaban J connectivity index is 1.29. The van der Waals surface area contributed by atoms with E-state index >= 15 is 0 Å². The van der Waals surface area contributed by atoms with Gasteiger partial charge in [0.1, 0.15) is 5.60 Å². The van der Waals surface area contributed by atoms with Gasteiger partial charge in [-0.15, -0.1) is 0 Å². The van der Waals surface area contributed by atoms with Crippen molar-refractivity contribution in [2.75, 3.05) is 39.3 Å². The van der Waals surface area contributed by atoms with Crippen LogP contribution in [0.1, 0.15) is 50.7 Å². The average molecular weight is 449 g/mol. The molecule has 0 aromatic heterocycles. The molecule has 7 nitrogen and oxygen atoms in total. The number of piperazine rings is 1. The lowest BCUT2D eigenvalue weighted by Gasteiger charge is -2.40. The molecule has 0 unspecified atom stereocenters. The van der Waals surface area contributed by atoms with E-state index in [4.69, 9.17) is 10.00 Å². The molecular formula is C26H32N4O3. The van der Waals surface area contributed by atoms with Crippen molar-refractivity contribution in [2.45, 2.75) is 45.1 Å². The van der Waals surface area contributed by atoms with Gasteiger partial charge in [0.05, 0.1) is 11.6 Å². The van der Waals surface area contributed by atoms with E-state index in [1.54, 1.807) is 4.90 Å². The largest absolute Gasteiger partial charge is 0.444 e. The van der Waals surface area contributed by atoms with Crippen LogP contribution in [-0.2, 0) is 4.74 Å². The van der Waals surface area contributed by atoms with E-state index in [1.165, 1.54) is 5.56 Å². The third-order valence-electron chi connectivity index (χ3n) is 6.43. The lowest BCUT2D eigenvalue weighted by Crippen LogP contribution is -2.55. The number of likely N-dealkylation sites (tertiary alicyclic amines) is 1. The Morgan fingerprint density at radius 3 is 2.09 bits per heavy atom. The maximum Gasteiger partial charge on any atom is 0.410 e. The summed E-state index contributed by atoms with van der Waals surface area (Å²) in [5.74, 6) is 0.429. The van der Waals surface area contributed by atoms with Crippen molar-refractivity contribution < 1.29 is 14.3 Å². The van der Waals surface area contributed by atoms with Gasteiger partial charge in [-0.2, -0.15) is 5.26 Å². The average Bonchev–Trinajstić information content (AvgIpc) is 2.82. The molecular weight excluding hydrogens is 416 g/mol. The van der Waals surface area contributed by atoms with Crippen LogP contribution in [0.15, 0.2) is 36.4 Å². The highest BCUT2D eigenvalue weighted by molar-refractivity contribution is 5.84. The van der Waals surface area contributed by atoms with E-state index in [2.05, 4.69) is 24.3 Å². The first kappa shape index (κ1) is 22.9. The Bertz CT molecular complexity index is 1070. The third-order valence-corrected chi connectivity index (χ3v) is 6.43. The summed E-state index contributed by atoms with van der Waals surface area (Å²) in [6.07, 6.45) is 1.56. The van der Waals surface area contributed by atoms with Gasteiger partial charge in [-0.05, 0) is 68.0 Å². The molecule has 174 valence electrons. The number of piperidine rings is 1. The standard InChI is InChI=1S/C26H32N4O3/c1-26(2,3)33-25(32)30-14-12-29(13-15-30)24(31)28-10-8-20(9-11-28)22-7-6-21-16-19(18-27)4-5-23(21)17-22/h4-7,16-17,20H,8-15H2,1-3H3. The van der Waals surface area contributed by atoms with Gasteiger partial charge >= 0.3 is 12.1 Å². The van der Waals surface area contributed by atoms with Crippen LogP contribution < -0.4 is 0 Å². The number of carbonyl (C=O) groups excluding carboxylic acids is 2. The molecule has 0 bridgehead atoms. The van der Waals surface area contributed by atoms with Crippen molar-refractivity contribution in [1.82, 2.24) is 14.7 Å². The van der Waals surface area contributed by atoms with E-state index in [0.29, 0.717) is 37.7 Å². The SMILES string of the molecule is CC(C)(C)OC(=O)N1CCN(C(=O)N2CCC(c3ccc4cc(C#N)ccc4c3)CC2)CC1. The van der Waals surface area contributed by atoms with Crippen molar-refractivity contribution in [1.29, 1.82) is 5.26 Å². The lowest BCUT2D eigenvalue weighted by molar-refractivity contribution is 0.0154. The fraction of sp³-hybridized carbons (Fsp3) is 0.500. The molecule has 0 N–H and O–H groups in total. The Hall–Kier alpha value is -3.27. The van der Waals surface area contributed by atoms with Crippen LogP contribution in [0.5, 0.6) is 0 Å². The summed E-state index contributed by atoms with van der Waals surface area (Å²) < 4.78 is 5.44. The van der Waals surface area contributed by atoms with Gasteiger partial charge in [0, 0.05) is 39.3 Å². The van der Waals surface area contributed by atoms with Crippen molar-refractivity contribution in [3.05, 3.63) is 47.5 Å². The van der Waals surface area contributed by atoms with Gasteiger partial charge in [-0.25, -0.2) is 9.59 Å². The number of benzene rings is 2. The topological polar surface area (TPSA) is 76.9 Å². The van der Waals surface area contributed by atoms with E-state index in [0.717, 1.165) is 36.7 Å². The van der Waals surface area contributed by atoms with Crippen LogP contribution >= 0.6 is 0 Å². The lowest BCUT2D eigenvalue weighted by atomic mass is 9.88. The molecule has 33 heavy (non-hydrogen) atoms. The van der Waals surface area contributed by atoms with Gasteiger partial charge < -0.3 is 19.4 Å². The zero-order valence-electron chi connectivity index (χ0n) is 19.7. The number of amides is 3. The fourth-order valence-corrected chi connectivity index (χ4v) is 4.60. The summed E-state index contributed by atoms with van der Waals surface area (Å²) in [4.78, 5) is 30.8. The number of carbonyl (C=O) groups is 2. The molecule has 0 radical (unpaired) electrons. The minimum Gasteiger partial charge on any atom is -0.444 e. The number of rotatable bonds is 1. The Morgan fingerprint density at radius 1 is 0.879 bits per heavy atom. The van der Waals surface area contributed by atoms with E-state index in [9.17, 15) is 9.59 Å². The second kappa shape index (κ2) is 9.30. The van der Waals surface area contributed by atoms with E-state index in [1.807, 2.05) is 48.8 Å². The molecule has 2 aromatic carbocycles. The summed E-state index contributed by atoms with van der Waals surface area (Å²) >= 11 is 0. The van der Waals surface area contributed by atoms with Crippen LogP contribution in [0.4, 0.5) is 9.59 Å². The number of urea groups is 1. The molecule has 2 saturated heterocycles. The molecule has 3 amide bonds. The van der Waals surface area contributed by atoms with Gasteiger partial charge in [-0.3, -0.25) is 0 Å². The molecule has 0 aliphatic carbocycles. The quantitative estimate of drug-likeness (QED) is 0.641. The van der Waals surface area contributed by atoms with Crippen molar-refractivity contribution in [3.63, 3.8) is 0 Å². The maximum absolute atomic E-state index is 13.0. The Labute approximate surface area is 195 Å². The number of fused-ring (bicyclic) bond motifs is 1. The van der Waals surface area contributed by atoms with Crippen LogP contribution in [0.3, 0.4) is 0 Å².